The zero-order valence-electron chi connectivity index (χ0n) is 11.2. The summed E-state index contributed by atoms with van der Waals surface area (Å²) in [4.78, 5) is 2.20. The Bertz CT molecular complexity index is 527. The van der Waals surface area contributed by atoms with Gasteiger partial charge in [-0.15, -0.1) is 0 Å². The van der Waals surface area contributed by atoms with Crippen LogP contribution in [0.4, 0.5) is 0 Å². The normalized spacial score (nSPS) is 11.2. The highest BCUT2D eigenvalue weighted by Crippen LogP contribution is 2.18. The van der Waals surface area contributed by atoms with Crippen molar-refractivity contribution in [3.63, 3.8) is 0 Å². The molecule has 0 spiro atoms. The molecule has 2 rings (SSSR count). The minimum absolute atomic E-state index is 0.734. The second-order valence-corrected chi connectivity index (χ2v) is 5.43. The van der Waals surface area contributed by atoms with Gasteiger partial charge in [0, 0.05) is 23.6 Å². The molecule has 0 unspecified atom stereocenters. The Morgan fingerprint density at radius 3 is 2.84 bits per heavy atom. The maximum absolute atomic E-state index is 5.31. The number of nitrogens with zero attached hydrogens (tertiary/aromatic N) is 2. The van der Waals surface area contributed by atoms with Gasteiger partial charge in [0.15, 0.2) is 5.76 Å². The summed E-state index contributed by atoms with van der Waals surface area (Å²) in [5.41, 5.74) is 2.20. The topological polar surface area (TPSA) is 41.3 Å². The molecule has 1 N–H and O–H groups in total. The Morgan fingerprint density at radius 2 is 2.11 bits per heavy atom. The van der Waals surface area contributed by atoms with Crippen LogP contribution in [-0.4, -0.2) is 24.2 Å². The van der Waals surface area contributed by atoms with Crippen LogP contribution in [0.5, 0.6) is 0 Å². The average molecular weight is 324 g/mol. The van der Waals surface area contributed by atoms with Gasteiger partial charge in [-0.05, 0) is 25.7 Å². The third-order valence-electron chi connectivity index (χ3n) is 2.79. The minimum Gasteiger partial charge on any atom is -0.360 e. The number of hydrogen-bond donors (Lipinski definition) is 1. The van der Waals surface area contributed by atoms with E-state index in [1.54, 1.807) is 0 Å². The monoisotopic (exact) mass is 323 g/mol. The molecule has 0 fully saturated rings. The third kappa shape index (κ3) is 4.16. The quantitative estimate of drug-likeness (QED) is 0.887. The summed E-state index contributed by atoms with van der Waals surface area (Å²) in [5.74, 6) is 0.889. The predicted molar refractivity (Wildman–Crippen MR) is 78.6 cm³/mol. The molecular weight excluding hydrogens is 306 g/mol. The summed E-state index contributed by atoms with van der Waals surface area (Å²) >= 11 is 3.56. The van der Waals surface area contributed by atoms with Crippen LogP contribution in [-0.2, 0) is 19.6 Å². The first-order valence-electron chi connectivity index (χ1n) is 6.20. The van der Waals surface area contributed by atoms with E-state index in [9.17, 15) is 0 Å². The van der Waals surface area contributed by atoms with E-state index in [1.807, 2.05) is 25.2 Å². The summed E-state index contributed by atoms with van der Waals surface area (Å²) in [7, 11) is 3.97. The van der Waals surface area contributed by atoms with Crippen molar-refractivity contribution < 1.29 is 4.52 Å². The van der Waals surface area contributed by atoms with Crippen molar-refractivity contribution in [2.24, 2.45) is 0 Å². The van der Waals surface area contributed by atoms with Gasteiger partial charge in [-0.3, -0.25) is 4.90 Å². The Hall–Kier alpha value is -1.17. The lowest BCUT2D eigenvalue weighted by atomic mass is 10.2. The molecule has 0 aliphatic heterocycles. The number of hydrogen-bond acceptors (Lipinski definition) is 4. The zero-order valence-corrected chi connectivity index (χ0v) is 12.8. The Kier molecular flexibility index (Phi) is 5.13. The first kappa shape index (κ1) is 14.2. The molecule has 102 valence electrons. The lowest BCUT2D eigenvalue weighted by Gasteiger charge is -2.15. The molecule has 0 saturated heterocycles. The van der Waals surface area contributed by atoms with Crippen molar-refractivity contribution in [2.75, 3.05) is 14.1 Å². The van der Waals surface area contributed by atoms with Gasteiger partial charge in [0.2, 0.25) is 0 Å². The number of aromatic nitrogens is 1. The fourth-order valence-electron chi connectivity index (χ4n) is 1.93. The van der Waals surface area contributed by atoms with E-state index in [1.165, 1.54) is 5.56 Å². The van der Waals surface area contributed by atoms with E-state index in [4.69, 9.17) is 4.52 Å². The minimum atomic E-state index is 0.734. The molecule has 1 heterocycles. The standard InChI is InChI=1S/C14H18BrN3O/c1-16-8-12-7-13(19-17-12)10-18(2)9-11-5-3-4-6-14(11)15/h3-7,16H,8-10H2,1-2H3. The molecule has 1 aromatic heterocycles. The lowest BCUT2D eigenvalue weighted by Crippen LogP contribution is -2.17. The molecule has 19 heavy (non-hydrogen) atoms. The molecule has 4 nitrogen and oxygen atoms in total. The van der Waals surface area contributed by atoms with Crippen LogP contribution in [0, 0.1) is 0 Å². The molecule has 1 aromatic carbocycles. The van der Waals surface area contributed by atoms with Crippen molar-refractivity contribution in [1.82, 2.24) is 15.4 Å². The van der Waals surface area contributed by atoms with E-state index in [0.29, 0.717) is 0 Å². The molecule has 2 aromatic rings. The maximum atomic E-state index is 5.31. The SMILES string of the molecule is CNCc1cc(CN(C)Cc2ccccc2Br)on1. The van der Waals surface area contributed by atoms with Crippen molar-refractivity contribution in [3.8, 4) is 0 Å². The average Bonchev–Trinajstić information content (AvgIpc) is 2.80. The van der Waals surface area contributed by atoms with Crippen LogP contribution in [0.3, 0.4) is 0 Å². The van der Waals surface area contributed by atoms with Gasteiger partial charge in [0.05, 0.1) is 12.2 Å². The summed E-state index contributed by atoms with van der Waals surface area (Å²) in [6.45, 7) is 2.35. The van der Waals surface area contributed by atoms with Crippen LogP contribution < -0.4 is 5.32 Å². The number of benzene rings is 1. The van der Waals surface area contributed by atoms with Gasteiger partial charge in [-0.25, -0.2) is 0 Å². The summed E-state index contributed by atoms with van der Waals surface area (Å²) in [6, 6.07) is 10.2. The predicted octanol–water partition coefficient (Wildman–Crippen LogP) is 2.79. The van der Waals surface area contributed by atoms with Crippen molar-refractivity contribution in [2.45, 2.75) is 19.6 Å². The lowest BCUT2D eigenvalue weighted by molar-refractivity contribution is 0.265. The van der Waals surface area contributed by atoms with Crippen LogP contribution >= 0.6 is 15.9 Å². The van der Waals surface area contributed by atoms with E-state index < -0.39 is 0 Å². The van der Waals surface area contributed by atoms with Gasteiger partial charge in [0.25, 0.3) is 0 Å². The Morgan fingerprint density at radius 1 is 1.32 bits per heavy atom. The fourth-order valence-corrected chi connectivity index (χ4v) is 2.34. The highest BCUT2D eigenvalue weighted by atomic mass is 79.9. The first-order valence-corrected chi connectivity index (χ1v) is 6.99. The van der Waals surface area contributed by atoms with Gasteiger partial charge in [0.1, 0.15) is 0 Å². The molecule has 0 amide bonds. The van der Waals surface area contributed by atoms with Crippen molar-refractivity contribution in [1.29, 1.82) is 0 Å². The molecule has 5 heteroatoms. The fraction of sp³-hybridized carbons (Fsp3) is 0.357. The molecule has 0 saturated carbocycles. The summed E-state index contributed by atoms with van der Waals surface area (Å²) in [5, 5.41) is 7.07. The summed E-state index contributed by atoms with van der Waals surface area (Å²) < 4.78 is 6.45. The van der Waals surface area contributed by atoms with Gasteiger partial charge < -0.3 is 9.84 Å². The van der Waals surface area contributed by atoms with Crippen molar-refractivity contribution in [3.05, 3.63) is 51.8 Å². The number of nitrogens with one attached hydrogen (secondary N) is 1. The smallest absolute Gasteiger partial charge is 0.151 e. The Balaban J connectivity index is 1.93. The van der Waals surface area contributed by atoms with Gasteiger partial charge in [-0.2, -0.15) is 0 Å². The van der Waals surface area contributed by atoms with Crippen LogP contribution in [0.25, 0.3) is 0 Å². The number of halogens is 1. The Labute approximate surface area is 121 Å². The van der Waals surface area contributed by atoms with E-state index in [0.717, 1.165) is 35.6 Å². The number of rotatable bonds is 6. The third-order valence-corrected chi connectivity index (χ3v) is 3.56. The molecule has 0 bridgehead atoms. The second kappa shape index (κ2) is 6.84. The molecular formula is C14H18BrN3O. The van der Waals surface area contributed by atoms with Crippen molar-refractivity contribution >= 4 is 15.9 Å². The second-order valence-electron chi connectivity index (χ2n) is 4.58. The molecule has 0 aliphatic carbocycles. The molecule has 0 radical (unpaired) electrons. The molecule has 0 aliphatic rings. The van der Waals surface area contributed by atoms with Crippen LogP contribution in [0.2, 0.25) is 0 Å². The zero-order chi connectivity index (χ0) is 13.7. The van der Waals surface area contributed by atoms with Crippen LogP contribution in [0.1, 0.15) is 17.0 Å². The van der Waals surface area contributed by atoms with E-state index >= 15 is 0 Å². The molecule has 0 atom stereocenters. The van der Waals surface area contributed by atoms with E-state index in [2.05, 4.69) is 50.5 Å². The van der Waals surface area contributed by atoms with Gasteiger partial charge in [-0.1, -0.05) is 39.3 Å². The summed E-state index contributed by atoms with van der Waals surface area (Å²) in [6.07, 6.45) is 0. The highest BCUT2D eigenvalue weighted by molar-refractivity contribution is 9.10. The maximum Gasteiger partial charge on any atom is 0.151 e. The largest absolute Gasteiger partial charge is 0.360 e. The van der Waals surface area contributed by atoms with Gasteiger partial charge >= 0.3 is 0 Å². The first-order chi connectivity index (χ1) is 9.19. The highest BCUT2D eigenvalue weighted by Gasteiger charge is 2.08. The van der Waals surface area contributed by atoms with E-state index in [-0.39, 0.29) is 0 Å². The van der Waals surface area contributed by atoms with Crippen LogP contribution in [0.15, 0.2) is 39.3 Å².